The average molecular weight is 270 g/mol. The fraction of sp³-hybridized carbons (Fsp3) is 0.353. The molecule has 0 bridgehead atoms. The number of benzene rings is 1. The Labute approximate surface area is 121 Å². The van der Waals surface area contributed by atoms with Crippen LogP contribution in [-0.2, 0) is 6.42 Å². The first-order valence-electron chi connectivity index (χ1n) is 7.17. The summed E-state index contributed by atoms with van der Waals surface area (Å²) in [6, 6.07) is 12.4. The second kappa shape index (κ2) is 7.53. The van der Waals surface area contributed by atoms with E-state index in [2.05, 4.69) is 48.4 Å². The van der Waals surface area contributed by atoms with Crippen molar-refractivity contribution in [3.8, 4) is 5.75 Å². The lowest BCUT2D eigenvalue weighted by Gasteiger charge is -2.11. The summed E-state index contributed by atoms with van der Waals surface area (Å²) >= 11 is 0. The normalized spacial score (nSPS) is 10.3. The number of aryl methyl sites for hydroxylation is 1. The molecule has 0 amide bonds. The summed E-state index contributed by atoms with van der Waals surface area (Å²) in [5.41, 5.74) is 2.64. The first kappa shape index (κ1) is 14.4. The number of pyridine rings is 1. The summed E-state index contributed by atoms with van der Waals surface area (Å²) < 4.78 is 5.68. The third-order valence-electron chi connectivity index (χ3n) is 3.02. The van der Waals surface area contributed by atoms with Crippen molar-refractivity contribution in [2.45, 2.75) is 26.7 Å². The van der Waals surface area contributed by atoms with E-state index in [0.717, 1.165) is 37.6 Å². The Hall–Kier alpha value is -2.03. The molecule has 1 aromatic carbocycles. The van der Waals surface area contributed by atoms with Gasteiger partial charge in [0.1, 0.15) is 0 Å². The highest BCUT2D eigenvalue weighted by Crippen LogP contribution is 2.20. The van der Waals surface area contributed by atoms with Gasteiger partial charge in [-0.2, -0.15) is 0 Å². The van der Waals surface area contributed by atoms with Gasteiger partial charge >= 0.3 is 0 Å². The topological polar surface area (TPSA) is 34.1 Å². The molecule has 20 heavy (non-hydrogen) atoms. The van der Waals surface area contributed by atoms with E-state index >= 15 is 0 Å². The number of rotatable bonds is 7. The van der Waals surface area contributed by atoms with Crippen molar-refractivity contribution in [2.75, 3.05) is 18.5 Å². The first-order valence-corrected chi connectivity index (χ1v) is 7.17. The second-order valence-electron chi connectivity index (χ2n) is 4.86. The molecule has 2 rings (SSSR count). The molecule has 0 radical (unpaired) electrons. The van der Waals surface area contributed by atoms with E-state index in [0.29, 0.717) is 0 Å². The lowest BCUT2D eigenvalue weighted by Crippen LogP contribution is -2.08. The first-order chi connectivity index (χ1) is 9.79. The number of ether oxygens (including phenoxy) is 1. The maximum absolute atomic E-state index is 5.68. The summed E-state index contributed by atoms with van der Waals surface area (Å²) in [4.78, 5) is 4.34. The van der Waals surface area contributed by atoms with Crippen molar-refractivity contribution >= 4 is 5.82 Å². The van der Waals surface area contributed by atoms with Crippen molar-refractivity contribution in [3.05, 3.63) is 53.7 Å². The predicted octanol–water partition coefficient (Wildman–Crippen LogP) is 3.83. The summed E-state index contributed by atoms with van der Waals surface area (Å²) in [6.45, 7) is 5.79. The lowest BCUT2D eigenvalue weighted by atomic mass is 10.1. The van der Waals surface area contributed by atoms with Crippen LogP contribution in [0.3, 0.4) is 0 Å². The van der Waals surface area contributed by atoms with Crippen LogP contribution in [-0.4, -0.2) is 18.1 Å². The highest BCUT2D eigenvalue weighted by molar-refractivity contribution is 5.49. The van der Waals surface area contributed by atoms with E-state index in [1.807, 2.05) is 12.1 Å². The summed E-state index contributed by atoms with van der Waals surface area (Å²) in [5, 5.41) is 3.35. The summed E-state index contributed by atoms with van der Waals surface area (Å²) in [7, 11) is 0. The van der Waals surface area contributed by atoms with Crippen molar-refractivity contribution in [3.63, 3.8) is 0 Å². The van der Waals surface area contributed by atoms with Crippen molar-refractivity contribution in [2.24, 2.45) is 0 Å². The molecule has 0 spiro atoms. The molecule has 0 saturated carbocycles. The van der Waals surface area contributed by atoms with Crippen LogP contribution in [0.1, 0.15) is 24.5 Å². The van der Waals surface area contributed by atoms with Crippen LogP contribution in [0.15, 0.2) is 42.6 Å². The number of hydrogen-bond donors (Lipinski definition) is 1. The zero-order valence-corrected chi connectivity index (χ0v) is 12.2. The van der Waals surface area contributed by atoms with Gasteiger partial charge < -0.3 is 10.1 Å². The van der Waals surface area contributed by atoms with E-state index in [4.69, 9.17) is 4.74 Å². The number of aromatic nitrogens is 1. The minimum Gasteiger partial charge on any atom is -0.490 e. The molecule has 0 aliphatic carbocycles. The Bertz CT molecular complexity index is 540. The van der Waals surface area contributed by atoms with Gasteiger partial charge in [-0.15, -0.1) is 0 Å². The molecule has 0 unspecified atom stereocenters. The molecule has 3 nitrogen and oxygen atoms in total. The van der Waals surface area contributed by atoms with Crippen LogP contribution < -0.4 is 10.1 Å². The van der Waals surface area contributed by atoms with E-state index in [1.54, 1.807) is 6.20 Å². The predicted molar refractivity (Wildman–Crippen MR) is 83.4 cm³/mol. The van der Waals surface area contributed by atoms with Gasteiger partial charge in [0.05, 0.1) is 6.61 Å². The minimum atomic E-state index is 0.720. The third-order valence-corrected chi connectivity index (χ3v) is 3.02. The number of nitrogens with zero attached hydrogens (tertiary/aromatic N) is 1. The quantitative estimate of drug-likeness (QED) is 0.830. The van der Waals surface area contributed by atoms with E-state index in [9.17, 15) is 0 Å². The van der Waals surface area contributed by atoms with Gasteiger partial charge in [0.15, 0.2) is 11.6 Å². The van der Waals surface area contributed by atoms with Gasteiger partial charge in [0.2, 0.25) is 0 Å². The summed E-state index contributed by atoms with van der Waals surface area (Å²) in [6.07, 6.45) is 3.76. The van der Waals surface area contributed by atoms with Gasteiger partial charge in [-0.25, -0.2) is 4.98 Å². The van der Waals surface area contributed by atoms with Crippen molar-refractivity contribution in [1.29, 1.82) is 0 Å². The third kappa shape index (κ3) is 4.26. The Morgan fingerprint density at radius 2 is 2.10 bits per heavy atom. The van der Waals surface area contributed by atoms with Crippen LogP contribution in [0.25, 0.3) is 0 Å². The zero-order valence-electron chi connectivity index (χ0n) is 12.2. The Morgan fingerprint density at radius 3 is 2.90 bits per heavy atom. The van der Waals surface area contributed by atoms with E-state index < -0.39 is 0 Å². The molecule has 0 saturated heterocycles. The number of nitrogens with one attached hydrogen (secondary N) is 1. The van der Waals surface area contributed by atoms with E-state index in [1.165, 1.54) is 11.1 Å². The van der Waals surface area contributed by atoms with Crippen LogP contribution in [0.5, 0.6) is 5.75 Å². The van der Waals surface area contributed by atoms with Crippen LogP contribution in [0, 0.1) is 6.92 Å². The molecular weight excluding hydrogens is 248 g/mol. The van der Waals surface area contributed by atoms with Crippen LogP contribution >= 0.6 is 0 Å². The van der Waals surface area contributed by atoms with E-state index in [-0.39, 0.29) is 0 Å². The van der Waals surface area contributed by atoms with Crippen molar-refractivity contribution in [1.82, 2.24) is 4.98 Å². The van der Waals surface area contributed by atoms with Gasteiger partial charge in [-0.1, -0.05) is 36.8 Å². The van der Waals surface area contributed by atoms with Gasteiger partial charge in [-0.05, 0) is 37.5 Å². The molecule has 106 valence electrons. The smallest absolute Gasteiger partial charge is 0.168 e. The standard InChI is InChI=1S/C17H22N2O/c1-3-12-20-16-8-5-10-18-17(16)19-11-9-15-7-4-6-14(2)13-15/h4-8,10,13H,3,9,11-12H2,1-2H3,(H,18,19). The molecule has 1 N–H and O–H groups in total. The van der Waals surface area contributed by atoms with Crippen LogP contribution in [0.2, 0.25) is 0 Å². The largest absolute Gasteiger partial charge is 0.490 e. The monoisotopic (exact) mass is 270 g/mol. The minimum absolute atomic E-state index is 0.720. The van der Waals surface area contributed by atoms with Crippen molar-refractivity contribution < 1.29 is 4.74 Å². The van der Waals surface area contributed by atoms with Gasteiger partial charge in [-0.3, -0.25) is 0 Å². The molecule has 1 aromatic heterocycles. The second-order valence-corrected chi connectivity index (χ2v) is 4.86. The molecule has 3 heteroatoms. The molecule has 0 aliphatic rings. The van der Waals surface area contributed by atoms with Gasteiger partial charge in [0, 0.05) is 12.7 Å². The zero-order chi connectivity index (χ0) is 14.2. The molecule has 1 heterocycles. The Kier molecular flexibility index (Phi) is 5.42. The Balaban J connectivity index is 1.90. The number of hydrogen-bond acceptors (Lipinski definition) is 3. The average Bonchev–Trinajstić information content (AvgIpc) is 2.46. The fourth-order valence-electron chi connectivity index (χ4n) is 2.04. The molecule has 2 aromatic rings. The molecule has 0 fully saturated rings. The highest BCUT2D eigenvalue weighted by atomic mass is 16.5. The summed E-state index contributed by atoms with van der Waals surface area (Å²) in [5.74, 6) is 1.66. The lowest BCUT2D eigenvalue weighted by molar-refractivity contribution is 0.318. The molecular formula is C17H22N2O. The SMILES string of the molecule is CCCOc1cccnc1NCCc1cccc(C)c1. The Morgan fingerprint density at radius 1 is 1.20 bits per heavy atom. The maximum atomic E-state index is 5.68. The van der Waals surface area contributed by atoms with Crippen LogP contribution in [0.4, 0.5) is 5.82 Å². The van der Waals surface area contributed by atoms with Gasteiger partial charge in [0.25, 0.3) is 0 Å². The number of anilines is 1. The molecule has 0 aliphatic heterocycles. The fourth-order valence-corrected chi connectivity index (χ4v) is 2.04. The highest BCUT2D eigenvalue weighted by Gasteiger charge is 2.03. The molecule has 0 atom stereocenters. The maximum Gasteiger partial charge on any atom is 0.168 e.